The van der Waals surface area contributed by atoms with Crippen LogP contribution in [0.4, 0.5) is 11.4 Å². The van der Waals surface area contributed by atoms with Crippen molar-refractivity contribution in [2.24, 2.45) is 0 Å². The molecule has 1 aromatic heterocycles. The third-order valence-corrected chi connectivity index (χ3v) is 3.37. The van der Waals surface area contributed by atoms with Gasteiger partial charge < -0.3 is 11.1 Å². The summed E-state index contributed by atoms with van der Waals surface area (Å²) in [6.45, 7) is 0. The molecule has 1 heterocycles. The van der Waals surface area contributed by atoms with Crippen LogP contribution in [0.3, 0.4) is 0 Å². The van der Waals surface area contributed by atoms with Crippen molar-refractivity contribution in [3.63, 3.8) is 0 Å². The Morgan fingerprint density at radius 3 is 2.79 bits per heavy atom. The minimum atomic E-state index is -0.0845. The molecule has 0 aliphatic heterocycles. The third kappa shape index (κ3) is 3.72. The summed E-state index contributed by atoms with van der Waals surface area (Å²) in [4.78, 5) is 17.1. The van der Waals surface area contributed by atoms with Crippen LogP contribution >= 0.6 is 11.8 Å². The predicted molar refractivity (Wildman–Crippen MR) is 79.2 cm³/mol. The predicted octanol–water partition coefficient (Wildman–Crippen LogP) is 2.57. The standard InChI is InChI=1S/C14H15N3OS/c1-19-13-5-3-2-4-12(13)17-14(18)8-11-7-6-10(15)9-16-11/h2-7,9H,8,15H2,1H3,(H,17,18). The number of aromatic nitrogens is 1. The first-order valence-corrected chi connectivity index (χ1v) is 7.05. The van der Waals surface area contributed by atoms with Crippen molar-refractivity contribution in [2.75, 3.05) is 17.3 Å². The molecule has 5 heteroatoms. The largest absolute Gasteiger partial charge is 0.397 e. The van der Waals surface area contributed by atoms with E-state index in [0.717, 1.165) is 10.6 Å². The van der Waals surface area contributed by atoms with Gasteiger partial charge in [0.15, 0.2) is 0 Å². The fourth-order valence-corrected chi connectivity index (χ4v) is 2.20. The summed E-state index contributed by atoms with van der Waals surface area (Å²) in [6, 6.07) is 11.2. The Morgan fingerprint density at radius 1 is 1.32 bits per heavy atom. The number of nitrogen functional groups attached to an aromatic ring is 1. The van der Waals surface area contributed by atoms with Gasteiger partial charge in [-0.3, -0.25) is 9.78 Å². The number of amides is 1. The number of anilines is 2. The lowest BCUT2D eigenvalue weighted by atomic mass is 10.2. The topological polar surface area (TPSA) is 68.0 Å². The van der Waals surface area contributed by atoms with Crippen LogP contribution in [-0.2, 0) is 11.2 Å². The van der Waals surface area contributed by atoms with Gasteiger partial charge >= 0.3 is 0 Å². The molecular weight excluding hydrogens is 258 g/mol. The number of nitrogens with two attached hydrogens (primary N) is 1. The van der Waals surface area contributed by atoms with E-state index in [1.54, 1.807) is 30.1 Å². The van der Waals surface area contributed by atoms with Crippen molar-refractivity contribution < 1.29 is 4.79 Å². The molecule has 1 aromatic carbocycles. The maximum atomic E-state index is 11.9. The van der Waals surface area contributed by atoms with E-state index in [2.05, 4.69) is 10.3 Å². The van der Waals surface area contributed by atoms with E-state index >= 15 is 0 Å². The summed E-state index contributed by atoms with van der Waals surface area (Å²) in [5, 5.41) is 2.89. The first-order chi connectivity index (χ1) is 9.19. The molecule has 0 radical (unpaired) electrons. The van der Waals surface area contributed by atoms with Crippen molar-refractivity contribution in [3.8, 4) is 0 Å². The minimum Gasteiger partial charge on any atom is -0.397 e. The Kier molecular flexibility index (Phi) is 4.41. The number of benzene rings is 1. The number of carbonyl (C=O) groups is 1. The molecule has 0 fully saturated rings. The Labute approximate surface area is 116 Å². The summed E-state index contributed by atoms with van der Waals surface area (Å²) in [5.74, 6) is -0.0845. The third-order valence-electron chi connectivity index (χ3n) is 2.57. The van der Waals surface area contributed by atoms with Crippen LogP contribution in [-0.4, -0.2) is 17.1 Å². The van der Waals surface area contributed by atoms with E-state index in [-0.39, 0.29) is 12.3 Å². The summed E-state index contributed by atoms with van der Waals surface area (Å²) in [5.41, 5.74) is 7.68. The minimum absolute atomic E-state index is 0.0845. The molecule has 0 saturated carbocycles. The molecule has 19 heavy (non-hydrogen) atoms. The SMILES string of the molecule is CSc1ccccc1NC(=O)Cc1ccc(N)cn1. The van der Waals surface area contributed by atoms with Gasteiger partial charge in [-0.1, -0.05) is 12.1 Å². The van der Waals surface area contributed by atoms with Crippen molar-refractivity contribution >= 4 is 29.0 Å². The maximum absolute atomic E-state index is 11.9. The monoisotopic (exact) mass is 273 g/mol. The Balaban J connectivity index is 2.03. The highest BCUT2D eigenvalue weighted by molar-refractivity contribution is 7.98. The Morgan fingerprint density at radius 2 is 2.11 bits per heavy atom. The number of nitrogens with zero attached hydrogens (tertiary/aromatic N) is 1. The average molecular weight is 273 g/mol. The molecular formula is C14H15N3OS. The molecule has 0 aliphatic carbocycles. The quantitative estimate of drug-likeness (QED) is 0.840. The molecule has 0 bridgehead atoms. The number of pyridine rings is 1. The second-order valence-electron chi connectivity index (χ2n) is 4.01. The summed E-state index contributed by atoms with van der Waals surface area (Å²) in [6.07, 6.45) is 3.77. The maximum Gasteiger partial charge on any atom is 0.230 e. The lowest BCUT2D eigenvalue weighted by Gasteiger charge is -2.08. The van der Waals surface area contributed by atoms with E-state index in [0.29, 0.717) is 11.4 Å². The van der Waals surface area contributed by atoms with Crippen LogP contribution in [0.5, 0.6) is 0 Å². The summed E-state index contributed by atoms with van der Waals surface area (Å²) < 4.78 is 0. The molecule has 4 nitrogen and oxygen atoms in total. The molecule has 0 unspecified atom stereocenters. The highest BCUT2D eigenvalue weighted by Crippen LogP contribution is 2.24. The highest BCUT2D eigenvalue weighted by atomic mass is 32.2. The van der Waals surface area contributed by atoms with Crippen molar-refractivity contribution in [1.29, 1.82) is 0 Å². The summed E-state index contributed by atoms with van der Waals surface area (Å²) >= 11 is 1.60. The lowest BCUT2D eigenvalue weighted by Crippen LogP contribution is -2.15. The first-order valence-electron chi connectivity index (χ1n) is 5.82. The van der Waals surface area contributed by atoms with Crippen LogP contribution in [0, 0.1) is 0 Å². The van der Waals surface area contributed by atoms with E-state index in [1.807, 2.05) is 30.5 Å². The van der Waals surface area contributed by atoms with E-state index in [9.17, 15) is 4.79 Å². The highest BCUT2D eigenvalue weighted by Gasteiger charge is 2.07. The van der Waals surface area contributed by atoms with Gasteiger partial charge in [-0.2, -0.15) is 0 Å². The van der Waals surface area contributed by atoms with Crippen LogP contribution in [0.25, 0.3) is 0 Å². The molecule has 98 valence electrons. The molecule has 3 N–H and O–H groups in total. The van der Waals surface area contributed by atoms with Crippen molar-refractivity contribution in [2.45, 2.75) is 11.3 Å². The molecule has 0 spiro atoms. The van der Waals surface area contributed by atoms with Gasteiger partial charge in [-0.05, 0) is 30.5 Å². The number of hydrogen-bond donors (Lipinski definition) is 2. The zero-order chi connectivity index (χ0) is 13.7. The van der Waals surface area contributed by atoms with Crippen LogP contribution < -0.4 is 11.1 Å². The number of thioether (sulfide) groups is 1. The normalized spacial score (nSPS) is 10.2. The molecule has 1 amide bonds. The average Bonchev–Trinajstić information content (AvgIpc) is 2.42. The zero-order valence-electron chi connectivity index (χ0n) is 10.6. The van der Waals surface area contributed by atoms with Crippen molar-refractivity contribution in [1.82, 2.24) is 4.98 Å². The van der Waals surface area contributed by atoms with Gasteiger partial charge in [0.25, 0.3) is 0 Å². The smallest absolute Gasteiger partial charge is 0.230 e. The second-order valence-corrected chi connectivity index (χ2v) is 4.86. The number of nitrogens with one attached hydrogen (secondary N) is 1. The van der Waals surface area contributed by atoms with Gasteiger partial charge in [-0.25, -0.2) is 0 Å². The second kappa shape index (κ2) is 6.24. The molecule has 0 saturated heterocycles. The van der Waals surface area contributed by atoms with Crippen molar-refractivity contribution in [3.05, 3.63) is 48.3 Å². The molecule has 2 aromatic rings. The number of carbonyl (C=O) groups excluding carboxylic acids is 1. The Hall–Kier alpha value is -2.01. The fraction of sp³-hybridized carbons (Fsp3) is 0.143. The Bertz CT molecular complexity index is 569. The van der Waals surface area contributed by atoms with Crippen LogP contribution in [0.2, 0.25) is 0 Å². The zero-order valence-corrected chi connectivity index (χ0v) is 11.4. The molecule has 2 rings (SSSR count). The van der Waals surface area contributed by atoms with Crippen LogP contribution in [0.1, 0.15) is 5.69 Å². The number of rotatable bonds is 4. The summed E-state index contributed by atoms with van der Waals surface area (Å²) in [7, 11) is 0. The van der Waals surface area contributed by atoms with E-state index < -0.39 is 0 Å². The first kappa shape index (κ1) is 13.4. The van der Waals surface area contributed by atoms with E-state index in [4.69, 9.17) is 5.73 Å². The fourth-order valence-electron chi connectivity index (χ4n) is 1.65. The van der Waals surface area contributed by atoms with Gasteiger partial charge in [0.05, 0.1) is 24.0 Å². The lowest BCUT2D eigenvalue weighted by molar-refractivity contribution is -0.115. The van der Waals surface area contributed by atoms with Gasteiger partial charge in [0.2, 0.25) is 5.91 Å². The number of hydrogen-bond acceptors (Lipinski definition) is 4. The van der Waals surface area contributed by atoms with E-state index in [1.165, 1.54) is 0 Å². The van der Waals surface area contributed by atoms with Gasteiger partial charge in [0, 0.05) is 10.6 Å². The van der Waals surface area contributed by atoms with Gasteiger partial charge in [0.1, 0.15) is 0 Å². The molecule has 0 atom stereocenters. The van der Waals surface area contributed by atoms with Gasteiger partial charge in [-0.15, -0.1) is 11.8 Å². The van der Waals surface area contributed by atoms with Crippen LogP contribution in [0.15, 0.2) is 47.5 Å². The number of para-hydroxylation sites is 1. The molecule has 0 aliphatic rings.